The van der Waals surface area contributed by atoms with Crippen molar-refractivity contribution < 1.29 is 4.79 Å². The molecule has 0 saturated carbocycles. The van der Waals surface area contributed by atoms with Gasteiger partial charge in [0.1, 0.15) is 0 Å². The van der Waals surface area contributed by atoms with Crippen LogP contribution in [0, 0.1) is 5.92 Å². The second-order valence-corrected chi connectivity index (χ2v) is 5.04. The van der Waals surface area contributed by atoms with Crippen molar-refractivity contribution in [2.24, 2.45) is 5.92 Å². The molecule has 1 unspecified atom stereocenters. The highest BCUT2D eigenvalue weighted by Crippen LogP contribution is 2.30. The maximum Gasteiger partial charge on any atom is 0.251 e. The quantitative estimate of drug-likeness (QED) is 0.788. The molecular weight excluding hydrogens is 222 g/mol. The summed E-state index contributed by atoms with van der Waals surface area (Å²) in [5, 5.41) is 2.82. The lowest BCUT2D eigenvalue weighted by molar-refractivity contribution is 0.0946. The largest absolute Gasteiger partial charge is 0.352 e. The molecule has 0 aliphatic carbocycles. The summed E-state index contributed by atoms with van der Waals surface area (Å²) >= 11 is 6.30. The van der Waals surface area contributed by atoms with Gasteiger partial charge in [0.25, 0.3) is 5.91 Å². The Balaban J connectivity index is 2.37. The highest BCUT2D eigenvalue weighted by Gasteiger charge is 2.19. The average Bonchev–Trinajstić information content (AvgIpc) is 2.28. The van der Waals surface area contributed by atoms with E-state index in [-0.39, 0.29) is 11.3 Å². The third-order valence-corrected chi connectivity index (χ3v) is 3.72. The van der Waals surface area contributed by atoms with Gasteiger partial charge in [-0.25, -0.2) is 0 Å². The first-order valence-electron chi connectivity index (χ1n) is 5.64. The van der Waals surface area contributed by atoms with Crippen LogP contribution in [-0.4, -0.2) is 12.5 Å². The zero-order valence-corrected chi connectivity index (χ0v) is 10.3. The highest BCUT2D eigenvalue weighted by atomic mass is 35.5. The number of alkyl halides is 1. The van der Waals surface area contributed by atoms with Crippen LogP contribution in [0.2, 0.25) is 0 Å². The van der Waals surface area contributed by atoms with E-state index < -0.39 is 0 Å². The Bertz CT molecular complexity index is 414. The molecule has 0 spiro atoms. The van der Waals surface area contributed by atoms with Gasteiger partial charge in [-0.3, -0.25) is 4.79 Å². The van der Waals surface area contributed by atoms with Gasteiger partial charge in [-0.05, 0) is 29.5 Å². The number of amides is 1. The summed E-state index contributed by atoms with van der Waals surface area (Å²) in [6.07, 6.45) is 0.913. The van der Waals surface area contributed by atoms with Crippen LogP contribution < -0.4 is 5.32 Å². The summed E-state index contributed by atoms with van der Waals surface area (Å²) in [6.45, 7) is 4.90. The number of benzene rings is 1. The van der Waals surface area contributed by atoms with E-state index in [0.29, 0.717) is 5.92 Å². The molecule has 1 amide bonds. The summed E-state index contributed by atoms with van der Waals surface area (Å²) in [4.78, 5) is 11.7. The lowest BCUT2D eigenvalue weighted by Gasteiger charge is -2.20. The van der Waals surface area contributed by atoms with Crippen molar-refractivity contribution in [1.29, 1.82) is 0 Å². The first-order valence-corrected chi connectivity index (χ1v) is 6.08. The minimum atomic E-state index is -0.0278. The van der Waals surface area contributed by atoms with E-state index in [0.717, 1.165) is 29.7 Å². The van der Waals surface area contributed by atoms with Crippen LogP contribution in [0.15, 0.2) is 18.2 Å². The molecule has 1 aromatic carbocycles. The standard InChI is InChI=1S/C13H16ClNO/c1-8(2)12(14)10-4-3-9-5-6-15-13(16)11(9)7-10/h3-4,7-8,12H,5-6H2,1-2H3,(H,15,16). The number of hydrogen-bond donors (Lipinski definition) is 1. The van der Waals surface area contributed by atoms with E-state index in [1.54, 1.807) is 0 Å². The fourth-order valence-electron chi connectivity index (χ4n) is 1.99. The smallest absolute Gasteiger partial charge is 0.251 e. The van der Waals surface area contributed by atoms with E-state index in [1.807, 2.05) is 18.2 Å². The monoisotopic (exact) mass is 237 g/mol. The van der Waals surface area contributed by atoms with Gasteiger partial charge in [-0.1, -0.05) is 26.0 Å². The second-order valence-electron chi connectivity index (χ2n) is 4.57. The highest BCUT2D eigenvalue weighted by molar-refractivity contribution is 6.21. The molecule has 1 aliphatic rings. The SMILES string of the molecule is CC(C)C(Cl)c1ccc2c(c1)C(=O)NCC2. The zero-order valence-electron chi connectivity index (χ0n) is 9.59. The maximum absolute atomic E-state index is 11.7. The van der Waals surface area contributed by atoms with E-state index in [2.05, 4.69) is 19.2 Å². The molecule has 1 atom stereocenters. The number of carbonyl (C=O) groups excluding carboxylic acids is 1. The molecule has 3 heteroatoms. The van der Waals surface area contributed by atoms with Gasteiger partial charge in [-0.15, -0.1) is 11.6 Å². The van der Waals surface area contributed by atoms with Crippen LogP contribution >= 0.6 is 11.6 Å². The maximum atomic E-state index is 11.7. The molecule has 16 heavy (non-hydrogen) atoms. The van der Waals surface area contributed by atoms with Crippen molar-refractivity contribution in [3.63, 3.8) is 0 Å². The molecular formula is C13H16ClNO. The topological polar surface area (TPSA) is 29.1 Å². The number of hydrogen-bond acceptors (Lipinski definition) is 1. The van der Waals surface area contributed by atoms with Crippen molar-refractivity contribution in [2.75, 3.05) is 6.54 Å². The van der Waals surface area contributed by atoms with Gasteiger partial charge in [-0.2, -0.15) is 0 Å². The van der Waals surface area contributed by atoms with Crippen molar-refractivity contribution in [3.05, 3.63) is 34.9 Å². The molecule has 0 saturated heterocycles. The third-order valence-electron chi connectivity index (χ3n) is 2.96. The predicted octanol–water partition coefficient (Wildman–Crippen LogP) is 2.91. The lowest BCUT2D eigenvalue weighted by atomic mass is 9.94. The Labute approximate surface area is 101 Å². The van der Waals surface area contributed by atoms with Crippen LogP contribution in [-0.2, 0) is 6.42 Å². The van der Waals surface area contributed by atoms with Gasteiger partial charge in [0.05, 0.1) is 5.38 Å². The summed E-state index contributed by atoms with van der Waals surface area (Å²) in [6, 6.07) is 6.00. The second kappa shape index (κ2) is 4.46. The predicted molar refractivity (Wildman–Crippen MR) is 65.9 cm³/mol. The molecule has 1 aromatic rings. The molecule has 0 aromatic heterocycles. The summed E-state index contributed by atoms with van der Waals surface area (Å²) in [5.74, 6) is 0.391. The summed E-state index contributed by atoms with van der Waals surface area (Å²) in [7, 11) is 0. The molecule has 0 bridgehead atoms. The van der Waals surface area contributed by atoms with Crippen LogP contribution in [0.1, 0.15) is 40.7 Å². The number of carbonyl (C=O) groups is 1. The van der Waals surface area contributed by atoms with Crippen LogP contribution in [0.3, 0.4) is 0 Å². The molecule has 1 N–H and O–H groups in total. The zero-order chi connectivity index (χ0) is 11.7. The Kier molecular flexibility index (Phi) is 3.20. The average molecular weight is 238 g/mol. The first kappa shape index (κ1) is 11.5. The van der Waals surface area contributed by atoms with E-state index in [4.69, 9.17) is 11.6 Å². The van der Waals surface area contributed by atoms with Gasteiger partial charge < -0.3 is 5.32 Å². The van der Waals surface area contributed by atoms with E-state index in [9.17, 15) is 4.79 Å². The number of fused-ring (bicyclic) bond motifs is 1. The molecule has 86 valence electrons. The lowest BCUT2D eigenvalue weighted by Crippen LogP contribution is -2.31. The fourth-order valence-corrected chi connectivity index (χ4v) is 2.12. The molecule has 1 heterocycles. The van der Waals surface area contributed by atoms with Gasteiger partial charge in [0, 0.05) is 12.1 Å². The number of halogens is 1. The third kappa shape index (κ3) is 2.07. The van der Waals surface area contributed by atoms with Crippen molar-refractivity contribution in [3.8, 4) is 0 Å². The van der Waals surface area contributed by atoms with Crippen LogP contribution in [0.25, 0.3) is 0 Å². The first-order chi connectivity index (χ1) is 7.59. The fraction of sp³-hybridized carbons (Fsp3) is 0.462. The van der Waals surface area contributed by atoms with Crippen LogP contribution in [0.4, 0.5) is 0 Å². The van der Waals surface area contributed by atoms with Crippen molar-refractivity contribution >= 4 is 17.5 Å². The summed E-state index contributed by atoms with van der Waals surface area (Å²) in [5.41, 5.74) is 2.95. The minimum absolute atomic E-state index is 0.0238. The van der Waals surface area contributed by atoms with Gasteiger partial charge in [0.2, 0.25) is 0 Å². The minimum Gasteiger partial charge on any atom is -0.352 e. The normalized spacial score (nSPS) is 16.9. The van der Waals surface area contributed by atoms with Gasteiger partial charge >= 0.3 is 0 Å². The molecule has 1 aliphatic heterocycles. The molecule has 0 fully saturated rings. The van der Waals surface area contributed by atoms with E-state index >= 15 is 0 Å². The Morgan fingerprint density at radius 1 is 1.38 bits per heavy atom. The Morgan fingerprint density at radius 2 is 2.12 bits per heavy atom. The van der Waals surface area contributed by atoms with Crippen molar-refractivity contribution in [1.82, 2.24) is 5.32 Å². The Morgan fingerprint density at radius 3 is 2.81 bits per heavy atom. The number of rotatable bonds is 2. The van der Waals surface area contributed by atoms with Gasteiger partial charge in [0.15, 0.2) is 0 Å². The van der Waals surface area contributed by atoms with E-state index in [1.165, 1.54) is 0 Å². The number of nitrogens with one attached hydrogen (secondary N) is 1. The Hall–Kier alpha value is -1.02. The van der Waals surface area contributed by atoms with Crippen LogP contribution in [0.5, 0.6) is 0 Å². The molecule has 0 radical (unpaired) electrons. The molecule has 2 rings (SSSR count). The summed E-state index contributed by atoms with van der Waals surface area (Å²) < 4.78 is 0. The van der Waals surface area contributed by atoms with Crippen molar-refractivity contribution in [2.45, 2.75) is 25.6 Å². The molecule has 2 nitrogen and oxygen atoms in total.